The number of rotatable bonds is 3. The Balaban J connectivity index is 3.10. The molecule has 1 aromatic carbocycles. The fourth-order valence-electron chi connectivity index (χ4n) is 1.07. The van der Waals surface area contributed by atoms with Crippen LogP contribution in [0.25, 0.3) is 0 Å². The fourth-order valence-corrected chi connectivity index (χ4v) is 1.18. The first-order valence-corrected chi connectivity index (χ1v) is 5.58. The smallest absolute Gasteiger partial charge is 0.238 e. The largest absolute Gasteiger partial charge is 0.320 e. The number of benzene rings is 1. The van der Waals surface area contributed by atoms with Gasteiger partial charge in [-0.25, -0.2) is 17.6 Å². The van der Waals surface area contributed by atoms with Crippen molar-refractivity contribution in [2.75, 3.05) is 5.32 Å². The van der Waals surface area contributed by atoms with Gasteiger partial charge in [-0.15, -0.1) is 0 Å². The summed E-state index contributed by atoms with van der Waals surface area (Å²) in [5.41, 5.74) is -1.12. The Labute approximate surface area is 103 Å². The second-order valence-electron chi connectivity index (χ2n) is 3.21. The van der Waals surface area contributed by atoms with Crippen molar-refractivity contribution in [3.05, 3.63) is 29.3 Å². The highest BCUT2D eigenvalue weighted by molar-refractivity contribution is 9.10. The summed E-state index contributed by atoms with van der Waals surface area (Å²) < 4.78 is 51.9. The van der Waals surface area contributed by atoms with E-state index < -0.39 is 39.7 Å². The molecule has 0 fully saturated rings. The molecule has 0 aromatic heterocycles. The first kappa shape index (κ1) is 14.0. The Morgan fingerprint density at radius 3 is 2.18 bits per heavy atom. The predicted octanol–water partition coefficient (Wildman–Crippen LogP) is 3.36. The topological polar surface area (TPSA) is 29.1 Å². The summed E-state index contributed by atoms with van der Waals surface area (Å²) in [7, 11) is 0. The monoisotopic (exact) mass is 313 g/mol. The van der Waals surface area contributed by atoms with Crippen molar-refractivity contribution in [3.63, 3.8) is 0 Å². The van der Waals surface area contributed by atoms with Crippen molar-refractivity contribution >= 4 is 27.5 Å². The van der Waals surface area contributed by atoms with Crippen LogP contribution in [-0.4, -0.2) is 10.7 Å². The van der Waals surface area contributed by atoms with Gasteiger partial charge in [0.25, 0.3) is 0 Å². The maximum atomic E-state index is 13.2. The Hall–Kier alpha value is -1.11. The Bertz CT molecular complexity index is 426. The van der Waals surface area contributed by atoms with E-state index in [1.807, 2.05) is 0 Å². The predicted molar refractivity (Wildman–Crippen MR) is 57.9 cm³/mol. The minimum Gasteiger partial charge on any atom is -0.320 e. The van der Waals surface area contributed by atoms with Gasteiger partial charge in [0.15, 0.2) is 23.3 Å². The van der Waals surface area contributed by atoms with E-state index in [1.54, 1.807) is 12.2 Å². The van der Waals surface area contributed by atoms with Crippen LogP contribution in [-0.2, 0) is 4.79 Å². The quantitative estimate of drug-likeness (QED) is 0.517. The third kappa shape index (κ3) is 2.96. The Morgan fingerprint density at radius 2 is 1.76 bits per heavy atom. The number of nitrogens with one attached hydrogen (secondary N) is 1. The number of carbonyl (C=O) groups is 1. The van der Waals surface area contributed by atoms with Gasteiger partial charge in [-0.05, 0) is 6.42 Å². The van der Waals surface area contributed by atoms with Gasteiger partial charge >= 0.3 is 0 Å². The molecule has 94 valence electrons. The summed E-state index contributed by atoms with van der Waals surface area (Å²) in [6.45, 7) is 1.65. The lowest BCUT2D eigenvalue weighted by Gasteiger charge is -2.11. The number of anilines is 1. The molecule has 1 N–H and O–H groups in total. The van der Waals surface area contributed by atoms with Crippen LogP contribution in [0.1, 0.15) is 13.3 Å². The molecular formula is C10H8BrF4NO. The van der Waals surface area contributed by atoms with E-state index in [0.29, 0.717) is 6.42 Å². The van der Waals surface area contributed by atoms with Crippen molar-refractivity contribution in [1.82, 2.24) is 0 Å². The van der Waals surface area contributed by atoms with E-state index >= 15 is 0 Å². The van der Waals surface area contributed by atoms with Gasteiger partial charge in [0.2, 0.25) is 5.91 Å². The molecule has 0 aliphatic heterocycles. The molecule has 0 aliphatic rings. The highest BCUT2D eigenvalue weighted by Gasteiger charge is 2.22. The van der Waals surface area contributed by atoms with Gasteiger partial charge in [0.1, 0.15) is 5.69 Å². The lowest BCUT2D eigenvalue weighted by atomic mass is 10.2. The second-order valence-corrected chi connectivity index (χ2v) is 4.31. The van der Waals surface area contributed by atoms with Gasteiger partial charge in [-0.1, -0.05) is 22.9 Å². The number of halogens is 5. The molecular weight excluding hydrogens is 306 g/mol. The molecule has 1 aromatic rings. The van der Waals surface area contributed by atoms with E-state index in [2.05, 4.69) is 15.9 Å². The molecule has 1 rings (SSSR count). The summed E-state index contributed by atoms with van der Waals surface area (Å²) in [5, 5.41) is 1.80. The van der Waals surface area contributed by atoms with E-state index in [-0.39, 0.29) is 6.07 Å². The molecule has 0 unspecified atom stereocenters. The van der Waals surface area contributed by atoms with Crippen LogP contribution in [0.5, 0.6) is 0 Å². The second kappa shape index (κ2) is 5.48. The van der Waals surface area contributed by atoms with E-state index in [1.165, 1.54) is 0 Å². The molecule has 1 amide bonds. The van der Waals surface area contributed by atoms with Gasteiger partial charge in [0, 0.05) is 6.07 Å². The van der Waals surface area contributed by atoms with E-state index in [9.17, 15) is 22.4 Å². The van der Waals surface area contributed by atoms with Gasteiger partial charge in [0.05, 0.1) is 4.83 Å². The number of carbonyl (C=O) groups excluding carboxylic acids is 1. The summed E-state index contributed by atoms with van der Waals surface area (Å²) in [5.74, 6) is -7.18. The van der Waals surface area contributed by atoms with Crippen LogP contribution < -0.4 is 5.32 Å². The normalized spacial score (nSPS) is 12.4. The number of alkyl halides is 1. The minimum atomic E-state index is -1.63. The van der Waals surface area contributed by atoms with E-state index in [4.69, 9.17) is 0 Å². The minimum absolute atomic E-state index is 0.0752. The average molecular weight is 314 g/mol. The Morgan fingerprint density at radius 1 is 1.29 bits per heavy atom. The van der Waals surface area contributed by atoms with Crippen molar-refractivity contribution in [1.29, 1.82) is 0 Å². The number of hydrogen-bond acceptors (Lipinski definition) is 1. The zero-order valence-corrected chi connectivity index (χ0v) is 10.2. The lowest BCUT2D eigenvalue weighted by molar-refractivity contribution is -0.115. The third-order valence-electron chi connectivity index (χ3n) is 2.00. The maximum Gasteiger partial charge on any atom is 0.238 e. The molecule has 1 atom stereocenters. The van der Waals surface area contributed by atoms with Crippen LogP contribution in [0, 0.1) is 23.3 Å². The zero-order valence-electron chi connectivity index (χ0n) is 8.66. The summed E-state index contributed by atoms with van der Waals surface area (Å²) in [6.07, 6.45) is 0.354. The summed E-state index contributed by atoms with van der Waals surface area (Å²) >= 11 is 2.94. The van der Waals surface area contributed by atoms with Crippen molar-refractivity contribution in [2.45, 2.75) is 18.2 Å². The molecule has 0 saturated heterocycles. The molecule has 2 nitrogen and oxygen atoms in total. The lowest BCUT2D eigenvalue weighted by Crippen LogP contribution is -2.24. The molecule has 17 heavy (non-hydrogen) atoms. The van der Waals surface area contributed by atoms with Gasteiger partial charge in [-0.3, -0.25) is 4.79 Å². The highest BCUT2D eigenvalue weighted by Crippen LogP contribution is 2.24. The highest BCUT2D eigenvalue weighted by atomic mass is 79.9. The fraction of sp³-hybridized carbons (Fsp3) is 0.300. The molecule has 0 heterocycles. The molecule has 0 aliphatic carbocycles. The first-order chi connectivity index (χ1) is 7.88. The molecule has 0 saturated carbocycles. The van der Waals surface area contributed by atoms with Crippen LogP contribution in [0.2, 0.25) is 0 Å². The molecule has 0 bridgehead atoms. The van der Waals surface area contributed by atoms with E-state index in [0.717, 1.165) is 0 Å². The summed E-state index contributed by atoms with van der Waals surface area (Å²) in [6, 6.07) is 0.0752. The Kier molecular flexibility index (Phi) is 4.50. The van der Waals surface area contributed by atoms with Crippen LogP contribution in [0.4, 0.5) is 23.2 Å². The zero-order chi connectivity index (χ0) is 13.2. The number of amides is 1. The van der Waals surface area contributed by atoms with Gasteiger partial charge < -0.3 is 5.32 Å². The van der Waals surface area contributed by atoms with Crippen LogP contribution >= 0.6 is 15.9 Å². The standard InChI is InChI=1S/C10H8BrF4NO/c1-2-4(11)10(17)16-9-7(14)5(12)3-6(13)8(9)15/h3-4H,2H2,1H3,(H,16,17)/t4-/m1/s1. The van der Waals surface area contributed by atoms with Crippen molar-refractivity contribution in [3.8, 4) is 0 Å². The number of hydrogen-bond donors (Lipinski definition) is 1. The van der Waals surface area contributed by atoms with Crippen molar-refractivity contribution < 1.29 is 22.4 Å². The van der Waals surface area contributed by atoms with Crippen LogP contribution in [0.3, 0.4) is 0 Å². The average Bonchev–Trinajstić information content (AvgIpc) is 2.30. The summed E-state index contributed by atoms with van der Waals surface area (Å²) in [4.78, 5) is 10.6. The van der Waals surface area contributed by atoms with Gasteiger partial charge in [-0.2, -0.15) is 0 Å². The molecule has 7 heteroatoms. The van der Waals surface area contributed by atoms with Crippen LogP contribution in [0.15, 0.2) is 6.07 Å². The molecule has 0 radical (unpaired) electrons. The molecule has 0 spiro atoms. The third-order valence-corrected chi connectivity index (χ3v) is 3.07. The SMILES string of the molecule is CC[C@@H](Br)C(=O)Nc1c(F)c(F)cc(F)c1F. The first-order valence-electron chi connectivity index (χ1n) is 4.66. The van der Waals surface area contributed by atoms with Crippen molar-refractivity contribution in [2.24, 2.45) is 0 Å². The maximum absolute atomic E-state index is 13.2.